The van der Waals surface area contributed by atoms with Crippen molar-refractivity contribution >= 4 is 0 Å². The number of hydrogen-bond acceptors (Lipinski definition) is 3. The van der Waals surface area contributed by atoms with Crippen LogP contribution in [-0.2, 0) is 6.42 Å². The second kappa shape index (κ2) is 2.83. The normalized spacial score (nSPS) is 17.3. The van der Waals surface area contributed by atoms with E-state index in [1.165, 1.54) is 5.56 Å². The van der Waals surface area contributed by atoms with Crippen LogP contribution in [0.15, 0.2) is 34.5 Å². The van der Waals surface area contributed by atoms with Crippen LogP contribution in [-0.4, -0.2) is 10.8 Å². The lowest BCUT2D eigenvalue weighted by atomic mass is 10.0. The Labute approximate surface area is 77.1 Å². The molecule has 1 heterocycles. The summed E-state index contributed by atoms with van der Waals surface area (Å²) in [4.78, 5) is 0. The highest BCUT2D eigenvalue weighted by molar-refractivity contribution is 5.26. The molecule has 0 aromatic heterocycles. The zero-order valence-electron chi connectivity index (χ0n) is 7.57. The van der Waals surface area contributed by atoms with Gasteiger partial charge in [0.05, 0.1) is 0 Å². The SMILES string of the molecule is CC1(CCc2ccc(O)cc2)N=N1. The monoisotopic (exact) mass is 176 g/mol. The Balaban J connectivity index is 1.91. The van der Waals surface area contributed by atoms with E-state index in [9.17, 15) is 0 Å². The summed E-state index contributed by atoms with van der Waals surface area (Å²) in [5.41, 5.74) is 1.11. The maximum absolute atomic E-state index is 9.06. The summed E-state index contributed by atoms with van der Waals surface area (Å²) in [5.74, 6) is 0.316. The van der Waals surface area contributed by atoms with Gasteiger partial charge in [0.25, 0.3) is 0 Å². The van der Waals surface area contributed by atoms with Crippen LogP contribution >= 0.6 is 0 Å². The molecule has 0 aliphatic carbocycles. The molecule has 1 N–H and O–H groups in total. The molecule has 0 spiro atoms. The molecule has 0 atom stereocenters. The van der Waals surface area contributed by atoms with Gasteiger partial charge >= 0.3 is 0 Å². The Morgan fingerprint density at radius 1 is 1.23 bits per heavy atom. The second-order valence-corrected chi connectivity index (χ2v) is 3.58. The smallest absolute Gasteiger partial charge is 0.188 e. The summed E-state index contributed by atoms with van der Waals surface area (Å²) in [6.07, 6.45) is 1.92. The fourth-order valence-corrected chi connectivity index (χ4v) is 1.23. The molecule has 1 aromatic carbocycles. The van der Waals surface area contributed by atoms with E-state index in [4.69, 9.17) is 5.11 Å². The first-order valence-electron chi connectivity index (χ1n) is 4.40. The molecule has 0 radical (unpaired) electrons. The van der Waals surface area contributed by atoms with Crippen molar-refractivity contribution in [2.24, 2.45) is 10.2 Å². The van der Waals surface area contributed by atoms with Gasteiger partial charge in [0.15, 0.2) is 5.66 Å². The van der Waals surface area contributed by atoms with Gasteiger partial charge in [-0.3, -0.25) is 0 Å². The molecule has 3 heteroatoms. The van der Waals surface area contributed by atoms with E-state index in [1.807, 2.05) is 19.1 Å². The minimum absolute atomic E-state index is 0.113. The number of aromatic hydroxyl groups is 1. The Bertz CT molecular complexity index is 323. The zero-order chi connectivity index (χ0) is 9.31. The Morgan fingerprint density at radius 2 is 1.85 bits per heavy atom. The van der Waals surface area contributed by atoms with Crippen LogP contribution in [0.1, 0.15) is 18.9 Å². The number of phenols is 1. The number of hydrogen-bond donors (Lipinski definition) is 1. The van der Waals surface area contributed by atoms with Crippen molar-refractivity contribution in [3.8, 4) is 5.75 Å². The Kier molecular flexibility index (Phi) is 1.79. The van der Waals surface area contributed by atoms with Crippen LogP contribution in [0.2, 0.25) is 0 Å². The molecule has 13 heavy (non-hydrogen) atoms. The highest BCUT2D eigenvalue weighted by Crippen LogP contribution is 2.32. The van der Waals surface area contributed by atoms with Crippen LogP contribution in [0.3, 0.4) is 0 Å². The topological polar surface area (TPSA) is 45.0 Å². The van der Waals surface area contributed by atoms with Gasteiger partial charge in [-0.25, -0.2) is 0 Å². The van der Waals surface area contributed by atoms with E-state index in [-0.39, 0.29) is 5.66 Å². The van der Waals surface area contributed by atoms with Crippen LogP contribution in [0.4, 0.5) is 0 Å². The molecule has 0 saturated carbocycles. The van der Waals surface area contributed by atoms with Gasteiger partial charge in [0.1, 0.15) is 5.75 Å². The molecule has 0 saturated heterocycles. The van der Waals surface area contributed by atoms with Crippen molar-refractivity contribution in [2.45, 2.75) is 25.4 Å². The lowest BCUT2D eigenvalue weighted by Crippen LogP contribution is -2.05. The summed E-state index contributed by atoms with van der Waals surface area (Å²) < 4.78 is 0. The van der Waals surface area contributed by atoms with Crippen LogP contribution in [0, 0.1) is 0 Å². The van der Waals surface area contributed by atoms with Gasteiger partial charge in [-0.05, 0) is 31.0 Å². The molecule has 3 nitrogen and oxygen atoms in total. The molecular formula is C10H12N2O. The Morgan fingerprint density at radius 3 is 2.38 bits per heavy atom. The van der Waals surface area contributed by atoms with Gasteiger partial charge in [0, 0.05) is 6.42 Å². The molecule has 0 bridgehead atoms. The van der Waals surface area contributed by atoms with E-state index in [0.717, 1.165) is 12.8 Å². The van der Waals surface area contributed by atoms with Crippen molar-refractivity contribution < 1.29 is 5.11 Å². The molecular weight excluding hydrogens is 164 g/mol. The van der Waals surface area contributed by atoms with E-state index < -0.39 is 0 Å². The van der Waals surface area contributed by atoms with E-state index in [0.29, 0.717) is 5.75 Å². The van der Waals surface area contributed by atoms with Gasteiger partial charge in [-0.1, -0.05) is 12.1 Å². The fourth-order valence-electron chi connectivity index (χ4n) is 1.23. The highest BCUT2D eigenvalue weighted by atomic mass is 16.3. The quantitative estimate of drug-likeness (QED) is 0.755. The van der Waals surface area contributed by atoms with Crippen molar-refractivity contribution in [3.05, 3.63) is 29.8 Å². The number of rotatable bonds is 3. The first kappa shape index (κ1) is 8.23. The molecule has 68 valence electrons. The van der Waals surface area contributed by atoms with Crippen LogP contribution < -0.4 is 0 Å². The summed E-state index contributed by atoms with van der Waals surface area (Å²) in [5, 5.41) is 16.9. The highest BCUT2D eigenvalue weighted by Gasteiger charge is 2.32. The average Bonchev–Trinajstić information content (AvgIpc) is 2.84. The van der Waals surface area contributed by atoms with E-state index >= 15 is 0 Å². The van der Waals surface area contributed by atoms with Gasteiger partial charge < -0.3 is 5.11 Å². The Hall–Kier alpha value is -1.38. The van der Waals surface area contributed by atoms with E-state index in [2.05, 4.69) is 10.2 Å². The van der Waals surface area contributed by atoms with Crippen molar-refractivity contribution in [2.75, 3.05) is 0 Å². The third kappa shape index (κ3) is 2.05. The summed E-state index contributed by atoms with van der Waals surface area (Å²) in [6.45, 7) is 2.02. The molecule has 0 amide bonds. The summed E-state index contributed by atoms with van der Waals surface area (Å²) in [6, 6.07) is 7.28. The fraction of sp³-hybridized carbons (Fsp3) is 0.400. The van der Waals surface area contributed by atoms with Crippen molar-refractivity contribution in [1.82, 2.24) is 0 Å². The van der Waals surface area contributed by atoms with E-state index in [1.54, 1.807) is 12.1 Å². The third-order valence-electron chi connectivity index (χ3n) is 2.27. The predicted octanol–water partition coefficient (Wildman–Crippen LogP) is 2.51. The maximum atomic E-state index is 9.06. The van der Waals surface area contributed by atoms with Gasteiger partial charge in [0.2, 0.25) is 0 Å². The number of aryl methyl sites for hydroxylation is 1. The molecule has 1 aliphatic heterocycles. The average molecular weight is 176 g/mol. The number of phenolic OH excluding ortho intramolecular Hbond substituents is 1. The maximum Gasteiger partial charge on any atom is 0.188 e. The zero-order valence-corrected chi connectivity index (χ0v) is 7.57. The first-order chi connectivity index (χ1) is 6.18. The summed E-state index contributed by atoms with van der Waals surface area (Å²) in [7, 11) is 0. The van der Waals surface area contributed by atoms with Gasteiger partial charge in [-0.15, -0.1) is 0 Å². The van der Waals surface area contributed by atoms with Gasteiger partial charge in [-0.2, -0.15) is 10.2 Å². The first-order valence-corrected chi connectivity index (χ1v) is 4.40. The third-order valence-corrected chi connectivity index (χ3v) is 2.27. The number of nitrogens with zero attached hydrogens (tertiary/aromatic N) is 2. The lowest BCUT2D eigenvalue weighted by Gasteiger charge is -2.03. The summed E-state index contributed by atoms with van der Waals surface area (Å²) >= 11 is 0. The molecule has 0 unspecified atom stereocenters. The lowest BCUT2D eigenvalue weighted by molar-refractivity contribution is 0.475. The van der Waals surface area contributed by atoms with Crippen molar-refractivity contribution in [3.63, 3.8) is 0 Å². The largest absolute Gasteiger partial charge is 0.508 e. The predicted molar refractivity (Wildman–Crippen MR) is 49.7 cm³/mol. The molecule has 1 aliphatic rings. The molecule has 2 rings (SSSR count). The van der Waals surface area contributed by atoms with Crippen molar-refractivity contribution in [1.29, 1.82) is 0 Å². The van der Waals surface area contributed by atoms with Crippen LogP contribution in [0.5, 0.6) is 5.75 Å². The molecule has 0 fully saturated rings. The minimum atomic E-state index is -0.113. The molecule has 1 aromatic rings. The standard InChI is InChI=1S/C10H12N2O/c1-10(11-12-10)7-6-8-2-4-9(13)5-3-8/h2-5,13H,6-7H2,1H3. The second-order valence-electron chi connectivity index (χ2n) is 3.58. The minimum Gasteiger partial charge on any atom is -0.508 e. The number of benzene rings is 1. The van der Waals surface area contributed by atoms with Crippen LogP contribution in [0.25, 0.3) is 0 Å².